The topological polar surface area (TPSA) is 102 Å². The molecular formula is C26H31N5O2. The third kappa shape index (κ3) is 5.61. The molecule has 3 amide bonds. The highest BCUT2D eigenvalue weighted by Gasteiger charge is 2.22. The standard InChI is InChI=1S/C26H31N5O2/c1-2-3-9-20-17-25(31(30-20)21-14-12-18(13-15-21)16-24(27)32)29-26(33)28-23-11-6-8-19-7-4-5-10-22(19)23/h4-5,7,10,12-15,17,23H,2-3,6,8-9,11,16H2,1H3,(H2,27,32)(H2,28,29,33). The summed E-state index contributed by atoms with van der Waals surface area (Å²) in [6.07, 6.45) is 6.16. The van der Waals surface area contributed by atoms with Gasteiger partial charge in [-0.25, -0.2) is 9.48 Å². The van der Waals surface area contributed by atoms with E-state index in [1.807, 2.05) is 42.5 Å². The molecule has 3 aromatic rings. The summed E-state index contributed by atoms with van der Waals surface area (Å²) in [5, 5.41) is 10.9. The first-order valence-corrected chi connectivity index (χ1v) is 11.7. The summed E-state index contributed by atoms with van der Waals surface area (Å²) in [5.41, 5.74) is 10.4. The number of hydrogen-bond donors (Lipinski definition) is 3. The minimum Gasteiger partial charge on any atom is -0.369 e. The Balaban J connectivity index is 1.53. The van der Waals surface area contributed by atoms with Crippen molar-refractivity contribution in [1.29, 1.82) is 0 Å². The number of benzene rings is 2. The quantitative estimate of drug-likeness (QED) is 0.478. The molecule has 0 bridgehead atoms. The molecule has 33 heavy (non-hydrogen) atoms. The van der Waals surface area contributed by atoms with E-state index in [1.165, 1.54) is 11.1 Å². The van der Waals surface area contributed by atoms with Crippen LogP contribution in [0.3, 0.4) is 0 Å². The third-order valence-corrected chi connectivity index (χ3v) is 6.02. The van der Waals surface area contributed by atoms with Crippen molar-refractivity contribution < 1.29 is 9.59 Å². The van der Waals surface area contributed by atoms with Crippen LogP contribution in [0.2, 0.25) is 0 Å². The molecule has 1 heterocycles. The lowest BCUT2D eigenvalue weighted by Crippen LogP contribution is -2.34. The first-order valence-electron chi connectivity index (χ1n) is 11.7. The summed E-state index contributed by atoms with van der Waals surface area (Å²) in [5.74, 6) is 0.248. The number of primary amides is 1. The largest absolute Gasteiger partial charge is 0.369 e. The van der Waals surface area contributed by atoms with Crippen LogP contribution in [0.25, 0.3) is 5.69 Å². The first-order chi connectivity index (χ1) is 16.0. The second kappa shape index (κ2) is 10.3. The molecule has 2 aromatic carbocycles. The van der Waals surface area contributed by atoms with Crippen molar-refractivity contribution in [2.24, 2.45) is 5.73 Å². The van der Waals surface area contributed by atoms with Gasteiger partial charge in [0.05, 0.1) is 23.8 Å². The average Bonchev–Trinajstić information content (AvgIpc) is 3.20. The molecule has 1 aliphatic carbocycles. The molecule has 1 aliphatic rings. The van der Waals surface area contributed by atoms with Crippen LogP contribution >= 0.6 is 0 Å². The monoisotopic (exact) mass is 445 g/mol. The number of nitrogens with two attached hydrogens (primary N) is 1. The maximum atomic E-state index is 13.0. The number of carbonyl (C=O) groups is 2. The van der Waals surface area contributed by atoms with Gasteiger partial charge in [0.25, 0.3) is 0 Å². The highest BCUT2D eigenvalue weighted by Crippen LogP contribution is 2.29. The molecule has 0 radical (unpaired) electrons. The van der Waals surface area contributed by atoms with E-state index in [2.05, 4.69) is 29.7 Å². The summed E-state index contributed by atoms with van der Waals surface area (Å²) in [7, 11) is 0. The fraction of sp³-hybridized carbons (Fsp3) is 0.346. The number of rotatable bonds is 8. The Morgan fingerprint density at radius 2 is 1.94 bits per heavy atom. The van der Waals surface area contributed by atoms with Crippen molar-refractivity contribution in [1.82, 2.24) is 15.1 Å². The summed E-state index contributed by atoms with van der Waals surface area (Å²) < 4.78 is 1.74. The van der Waals surface area contributed by atoms with E-state index >= 15 is 0 Å². The van der Waals surface area contributed by atoms with E-state index in [0.29, 0.717) is 5.82 Å². The van der Waals surface area contributed by atoms with Crippen LogP contribution in [0.4, 0.5) is 10.6 Å². The molecule has 0 fully saturated rings. The fourth-order valence-corrected chi connectivity index (χ4v) is 4.37. The van der Waals surface area contributed by atoms with Crippen molar-refractivity contribution in [3.8, 4) is 5.69 Å². The van der Waals surface area contributed by atoms with E-state index in [0.717, 1.165) is 55.5 Å². The maximum Gasteiger partial charge on any atom is 0.320 e. The number of amides is 3. The Hall–Kier alpha value is -3.61. The smallest absolute Gasteiger partial charge is 0.320 e. The van der Waals surface area contributed by atoms with Crippen molar-refractivity contribution in [2.45, 2.75) is 57.9 Å². The summed E-state index contributed by atoms with van der Waals surface area (Å²) in [6, 6.07) is 17.5. The van der Waals surface area contributed by atoms with Crippen molar-refractivity contribution in [3.63, 3.8) is 0 Å². The number of aryl methyl sites for hydroxylation is 2. The molecule has 1 atom stereocenters. The SMILES string of the molecule is CCCCc1cc(NC(=O)NC2CCCc3ccccc32)n(-c2ccc(CC(N)=O)cc2)n1. The molecule has 0 spiro atoms. The van der Waals surface area contributed by atoms with Crippen LogP contribution in [0.15, 0.2) is 54.6 Å². The molecule has 4 N–H and O–H groups in total. The van der Waals surface area contributed by atoms with E-state index in [-0.39, 0.29) is 24.4 Å². The Kier molecular flexibility index (Phi) is 7.07. The molecule has 4 rings (SSSR count). The number of hydrogen-bond acceptors (Lipinski definition) is 3. The number of aromatic nitrogens is 2. The predicted molar refractivity (Wildman–Crippen MR) is 129 cm³/mol. The predicted octanol–water partition coefficient (Wildman–Crippen LogP) is 4.44. The molecule has 0 saturated carbocycles. The van der Waals surface area contributed by atoms with E-state index in [1.54, 1.807) is 4.68 Å². The molecule has 0 saturated heterocycles. The Morgan fingerprint density at radius 1 is 1.15 bits per heavy atom. The number of unbranched alkanes of at least 4 members (excludes halogenated alkanes) is 1. The molecule has 172 valence electrons. The van der Waals surface area contributed by atoms with Gasteiger partial charge in [0.15, 0.2) is 0 Å². The fourth-order valence-electron chi connectivity index (χ4n) is 4.37. The Bertz CT molecular complexity index is 1120. The van der Waals surface area contributed by atoms with Crippen molar-refractivity contribution in [2.75, 3.05) is 5.32 Å². The van der Waals surface area contributed by atoms with Crippen LogP contribution in [0.5, 0.6) is 0 Å². The van der Waals surface area contributed by atoms with Crippen LogP contribution < -0.4 is 16.4 Å². The highest BCUT2D eigenvalue weighted by atomic mass is 16.2. The number of nitrogens with one attached hydrogen (secondary N) is 2. The number of nitrogens with zero attached hydrogens (tertiary/aromatic N) is 2. The van der Waals surface area contributed by atoms with Gasteiger partial charge in [0.1, 0.15) is 5.82 Å². The molecule has 1 unspecified atom stereocenters. The average molecular weight is 446 g/mol. The van der Waals surface area contributed by atoms with Gasteiger partial charge < -0.3 is 11.1 Å². The van der Waals surface area contributed by atoms with Gasteiger partial charge >= 0.3 is 6.03 Å². The summed E-state index contributed by atoms with van der Waals surface area (Å²) in [6.45, 7) is 2.14. The van der Waals surface area contributed by atoms with Crippen LogP contribution in [0.1, 0.15) is 61.0 Å². The van der Waals surface area contributed by atoms with E-state index in [4.69, 9.17) is 10.8 Å². The molecule has 7 nitrogen and oxygen atoms in total. The van der Waals surface area contributed by atoms with Crippen LogP contribution in [0, 0.1) is 0 Å². The number of carbonyl (C=O) groups excluding carboxylic acids is 2. The van der Waals surface area contributed by atoms with E-state index in [9.17, 15) is 9.59 Å². The van der Waals surface area contributed by atoms with Crippen LogP contribution in [-0.2, 0) is 24.1 Å². The Labute approximate surface area is 194 Å². The van der Waals surface area contributed by atoms with Gasteiger partial charge in [-0.2, -0.15) is 5.10 Å². The second-order valence-corrected chi connectivity index (χ2v) is 8.59. The molecule has 7 heteroatoms. The van der Waals surface area contributed by atoms with Crippen LogP contribution in [-0.4, -0.2) is 21.7 Å². The lowest BCUT2D eigenvalue weighted by molar-refractivity contribution is -0.117. The molecular weight excluding hydrogens is 414 g/mol. The van der Waals surface area contributed by atoms with Gasteiger partial charge in [0.2, 0.25) is 5.91 Å². The third-order valence-electron chi connectivity index (χ3n) is 6.02. The number of fused-ring (bicyclic) bond motifs is 1. The highest BCUT2D eigenvalue weighted by molar-refractivity contribution is 5.89. The summed E-state index contributed by atoms with van der Waals surface area (Å²) >= 11 is 0. The van der Waals surface area contributed by atoms with Gasteiger partial charge in [-0.1, -0.05) is 49.7 Å². The maximum absolute atomic E-state index is 13.0. The first kappa shape index (κ1) is 22.6. The minimum absolute atomic E-state index is 0.000957. The zero-order chi connectivity index (χ0) is 23.2. The van der Waals surface area contributed by atoms with Gasteiger partial charge in [-0.3, -0.25) is 10.1 Å². The number of urea groups is 1. The zero-order valence-corrected chi connectivity index (χ0v) is 19.0. The summed E-state index contributed by atoms with van der Waals surface area (Å²) in [4.78, 5) is 24.2. The number of anilines is 1. The Morgan fingerprint density at radius 3 is 2.70 bits per heavy atom. The molecule has 1 aromatic heterocycles. The van der Waals surface area contributed by atoms with E-state index < -0.39 is 0 Å². The second-order valence-electron chi connectivity index (χ2n) is 8.59. The van der Waals surface area contributed by atoms with Gasteiger partial charge in [0, 0.05) is 6.07 Å². The van der Waals surface area contributed by atoms with Gasteiger partial charge in [-0.05, 0) is 60.9 Å². The molecule has 0 aliphatic heterocycles. The zero-order valence-electron chi connectivity index (χ0n) is 19.0. The lowest BCUT2D eigenvalue weighted by Gasteiger charge is -2.26. The lowest BCUT2D eigenvalue weighted by atomic mass is 9.88. The van der Waals surface area contributed by atoms with Gasteiger partial charge in [-0.15, -0.1) is 0 Å². The van der Waals surface area contributed by atoms with Crippen molar-refractivity contribution in [3.05, 3.63) is 77.0 Å². The normalized spacial score (nSPS) is 15.0. The van der Waals surface area contributed by atoms with Crippen molar-refractivity contribution >= 4 is 17.8 Å². The minimum atomic E-state index is -0.369.